The van der Waals surface area contributed by atoms with Crippen molar-refractivity contribution in [3.05, 3.63) is 21.1 Å². The van der Waals surface area contributed by atoms with Crippen LogP contribution in [0, 0.1) is 5.92 Å². The van der Waals surface area contributed by atoms with E-state index in [0.29, 0.717) is 24.0 Å². The number of hydrogen-bond donors (Lipinski definition) is 0. The Morgan fingerprint density at radius 1 is 1.45 bits per heavy atom. The van der Waals surface area contributed by atoms with Crippen LogP contribution >= 0.6 is 11.6 Å². The smallest absolute Gasteiger partial charge is 0.327 e. The van der Waals surface area contributed by atoms with Crippen molar-refractivity contribution in [3.8, 4) is 5.75 Å². The predicted molar refractivity (Wildman–Crippen MR) is 82.4 cm³/mol. The van der Waals surface area contributed by atoms with E-state index in [9.17, 15) is 9.59 Å². The zero-order chi connectivity index (χ0) is 16.3. The van der Waals surface area contributed by atoms with Gasteiger partial charge in [-0.2, -0.15) is 5.10 Å². The normalized spacial score (nSPS) is 14.2. The SMILES string of the molecule is CCOC(=O)Cn1nc(C(C)C)c(OCC2CC2)c(Cl)c1=O. The maximum absolute atomic E-state index is 12.2. The molecule has 0 aromatic carbocycles. The molecule has 0 bridgehead atoms. The first-order valence-corrected chi connectivity index (χ1v) is 7.90. The van der Waals surface area contributed by atoms with E-state index in [2.05, 4.69) is 5.10 Å². The summed E-state index contributed by atoms with van der Waals surface area (Å²) in [4.78, 5) is 23.8. The number of carbonyl (C=O) groups excluding carboxylic acids is 1. The second-order valence-electron chi connectivity index (χ2n) is 5.71. The van der Waals surface area contributed by atoms with Crippen LogP contribution in [0.2, 0.25) is 5.02 Å². The van der Waals surface area contributed by atoms with Crippen molar-refractivity contribution in [3.63, 3.8) is 0 Å². The lowest BCUT2D eigenvalue weighted by atomic mass is 10.1. The molecule has 6 nitrogen and oxygen atoms in total. The first-order valence-electron chi connectivity index (χ1n) is 7.53. The molecule has 0 aliphatic heterocycles. The minimum Gasteiger partial charge on any atom is -0.490 e. The number of ether oxygens (including phenoxy) is 2. The van der Waals surface area contributed by atoms with Crippen LogP contribution in [0.1, 0.15) is 45.2 Å². The van der Waals surface area contributed by atoms with Crippen molar-refractivity contribution in [2.75, 3.05) is 13.2 Å². The molecular formula is C15H21ClN2O4. The molecule has 0 unspecified atom stereocenters. The van der Waals surface area contributed by atoms with Gasteiger partial charge in [0.2, 0.25) is 0 Å². The zero-order valence-electron chi connectivity index (χ0n) is 13.1. The summed E-state index contributed by atoms with van der Waals surface area (Å²) in [6, 6.07) is 0. The molecule has 1 aromatic heterocycles. The van der Waals surface area contributed by atoms with Crippen LogP contribution < -0.4 is 10.3 Å². The first kappa shape index (κ1) is 16.8. The quantitative estimate of drug-likeness (QED) is 0.719. The van der Waals surface area contributed by atoms with E-state index in [1.807, 2.05) is 13.8 Å². The lowest BCUT2D eigenvalue weighted by Crippen LogP contribution is -2.30. The fraction of sp³-hybridized carbons (Fsp3) is 0.667. The summed E-state index contributed by atoms with van der Waals surface area (Å²) >= 11 is 6.16. The molecule has 122 valence electrons. The highest BCUT2D eigenvalue weighted by molar-refractivity contribution is 6.31. The van der Waals surface area contributed by atoms with Crippen LogP contribution in [-0.4, -0.2) is 29.0 Å². The molecule has 0 amide bonds. The highest BCUT2D eigenvalue weighted by Crippen LogP contribution is 2.33. The first-order chi connectivity index (χ1) is 10.4. The molecule has 7 heteroatoms. The summed E-state index contributed by atoms with van der Waals surface area (Å²) in [7, 11) is 0. The maximum Gasteiger partial charge on any atom is 0.327 e. The number of aromatic nitrogens is 2. The Labute approximate surface area is 134 Å². The molecule has 2 rings (SSSR count). The third kappa shape index (κ3) is 4.00. The van der Waals surface area contributed by atoms with Crippen LogP contribution in [0.25, 0.3) is 0 Å². The molecule has 0 N–H and O–H groups in total. The highest BCUT2D eigenvalue weighted by atomic mass is 35.5. The summed E-state index contributed by atoms with van der Waals surface area (Å²) in [6.45, 7) is 6.11. The molecule has 22 heavy (non-hydrogen) atoms. The van der Waals surface area contributed by atoms with Gasteiger partial charge < -0.3 is 9.47 Å². The summed E-state index contributed by atoms with van der Waals surface area (Å²) < 4.78 is 11.6. The van der Waals surface area contributed by atoms with Gasteiger partial charge in [0.25, 0.3) is 5.56 Å². The van der Waals surface area contributed by atoms with Crippen LogP contribution in [0.3, 0.4) is 0 Å². The van der Waals surface area contributed by atoms with Gasteiger partial charge in [0.15, 0.2) is 10.8 Å². The second-order valence-corrected chi connectivity index (χ2v) is 6.08. The van der Waals surface area contributed by atoms with Gasteiger partial charge in [-0.1, -0.05) is 25.4 Å². The fourth-order valence-corrected chi connectivity index (χ4v) is 2.23. The van der Waals surface area contributed by atoms with E-state index in [1.165, 1.54) is 0 Å². The molecule has 0 saturated heterocycles. The van der Waals surface area contributed by atoms with Crippen molar-refractivity contribution in [1.82, 2.24) is 9.78 Å². The van der Waals surface area contributed by atoms with E-state index >= 15 is 0 Å². The number of nitrogens with zero attached hydrogens (tertiary/aromatic N) is 2. The summed E-state index contributed by atoms with van der Waals surface area (Å²) in [6.07, 6.45) is 2.28. The van der Waals surface area contributed by atoms with Crippen molar-refractivity contribution < 1.29 is 14.3 Å². The molecule has 1 fully saturated rings. The second kappa shape index (κ2) is 7.13. The Kier molecular flexibility index (Phi) is 5.45. The molecule has 1 aliphatic carbocycles. The largest absolute Gasteiger partial charge is 0.490 e. The average Bonchev–Trinajstić information content (AvgIpc) is 3.27. The van der Waals surface area contributed by atoms with E-state index < -0.39 is 11.5 Å². The van der Waals surface area contributed by atoms with Gasteiger partial charge in [-0.3, -0.25) is 9.59 Å². The average molecular weight is 329 g/mol. The maximum atomic E-state index is 12.2. The Balaban J connectivity index is 2.32. The number of esters is 1. The van der Waals surface area contributed by atoms with Gasteiger partial charge >= 0.3 is 5.97 Å². The summed E-state index contributed by atoms with van der Waals surface area (Å²) in [5.41, 5.74) is 0.0412. The Morgan fingerprint density at radius 3 is 2.68 bits per heavy atom. The number of hydrogen-bond acceptors (Lipinski definition) is 5. The minimum absolute atomic E-state index is 0.0146. The molecule has 1 heterocycles. The van der Waals surface area contributed by atoms with E-state index in [4.69, 9.17) is 21.1 Å². The van der Waals surface area contributed by atoms with Crippen molar-refractivity contribution in [2.45, 2.75) is 46.1 Å². The number of halogens is 1. The Bertz CT molecular complexity index is 608. The van der Waals surface area contributed by atoms with Gasteiger partial charge in [-0.25, -0.2) is 4.68 Å². The predicted octanol–water partition coefficient (Wildman–Crippen LogP) is 2.37. The van der Waals surface area contributed by atoms with Gasteiger partial charge in [-0.05, 0) is 25.7 Å². The molecule has 0 spiro atoms. The Hall–Kier alpha value is -1.56. The monoisotopic (exact) mass is 328 g/mol. The van der Waals surface area contributed by atoms with Gasteiger partial charge in [-0.15, -0.1) is 0 Å². The topological polar surface area (TPSA) is 70.4 Å². The molecule has 0 atom stereocenters. The van der Waals surface area contributed by atoms with Crippen LogP contribution in [0.4, 0.5) is 0 Å². The lowest BCUT2D eigenvalue weighted by molar-refractivity contribution is -0.144. The minimum atomic E-state index is -0.537. The highest BCUT2D eigenvalue weighted by Gasteiger charge is 2.26. The zero-order valence-corrected chi connectivity index (χ0v) is 13.9. The Morgan fingerprint density at radius 2 is 2.14 bits per heavy atom. The number of rotatable bonds is 7. The molecular weight excluding hydrogens is 308 g/mol. The summed E-state index contributed by atoms with van der Waals surface area (Å²) in [5.74, 6) is 0.377. The van der Waals surface area contributed by atoms with E-state index in [1.54, 1.807) is 6.92 Å². The molecule has 0 radical (unpaired) electrons. The molecule has 1 saturated carbocycles. The third-order valence-corrected chi connectivity index (χ3v) is 3.71. The van der Waals surface area contributed by atoms with Crippen LogP contribution in [-0.2, 0) is 16.1 Å². The van der Waals surface area contributed by atoms with Crippen LogP contribution in [0.5, 0.6) is 5.75 Å². The number of carbonyl (C=O) groups is 1. The van der Waals surface area contributed by atoms with E-state index in [0.717, 1.165) is 17.5 Å². The van der Waals surface area contributed by atoms with E-state index in [-0.39, 0.29) is 24.1 Å². The fourth-order valence-electron chi connectivity index (χ4n) is 1.98. The lowest BCUT2D eigenvalue weighted by Gasteiger charge is -2.16. The standard InChI is InChI=1S/C15H21ClN2O4/c1-4-21-11(19)7-18-15(20)12(16)14(13(17-18)9(2)3)22-8-10-5-6-10/h9-10H,4-8H2,1-3H3. The van der Waals surface area contributed by atoms with Crippen molar-refractivity contribution >= 4 is 17.6 Å². The van der Waals surface area contributed by atoms with Gasteiger partial charge in [0.1, 0.15) is 12.2 Å². The van der Waals surface area contributed by atoms with Crippen molar-refractivity contribution in [2.24, 2.45) is 5.92 Å². The van der Waals surface area contributed by atoms with Gasteiger partial charge in [0, 0.05) is 5.92 Å². The van der Waals surface area contributed by atoms with Crippen LogP contribution in [0.15, 0.2) is 4.79 Å². The molecule has 1 aliphatic rings. The third-order valence-electron chi connectivity index (χ3n) is 3.37. The summed E-state index contributed by atoms with van der Waals surface area (Å²) in [5, 5.41) is 4.22. The molecule has 1 aromatic rings. The van der Waals surface area contributed by atoms with Gasteiger partial charge in [0.05, 0.1) is 13.2 Å². The van der Waals surface area contributed by atoms with Crippen molar-refractivity contribution in [1.29, 1.82) is 0 Å².